The van der Waals surface area contributed by atoms with E-state index in [0.29, 0.717) is 11.1 Å². The van der Waals surface area contributed by atoms with Gasteiger partial charge in [0.2, 0.25) is 0 Å². The molecule has 0 radical (unpaired) electrons. The van der Waals surface area contributed by atoms with Crippen LogP contribution in [-0.2, 0) is 0 Å². The van der Waals surface area contributed by atoms with Crippen LogP contribution in [0.25, 0.3) is 61.8 Å². The summed E-state index contributed by atoms with van der Waals surface area (Å²) in [5, 5.41) is 28.3. The summed E-state index contributed by atoms with van der Waals surface area (Å²) >= 11 is 0. The average molecular weight is 576 g/mol. The first kappa shape index (κ1) is 27.3. The molecule has 0 atom stereocenters. The molecule has 0 bridgehead atoms. The average Bonchev–Trinajstić information content (AvgIpc) is 3.58. The number of nitriles is 2. The molecule has 6 aromatic carbocycles. The van der Waals surface area contributed by atoms with E-state index in [1.807, 2.05) is 109 Å². The lowest BCUT2D eigenvalue weighted by atomic mass is 9.92. The van der Waals surface area contributed by atoms with E-state index in [2.05, 4.69) is 69.4 Å². The molecule has 5 nitrogen and oxygen atoms in total. The zero-order valence-electron chi connectivity index (χ0n) is 24.2. The topological polar surface area (TPSA) is 78.3 Å². The largest absolute Gasteiger partial charge is 0.275 e. The van der Waals surface area contributed by atoms with Crippen LogP contribution in [0.1, 0.15) is 11.1 Å². The van der Waals surface area contributed by atoms with E-state index < -0.39 is 0 Å². The maximum atomic E-state index is 9.53. The van der Waals surface area contributed by atoms with Gasteiger partial charge in [-0.1, -0.05) is 97.1 Å². The van der Waals surface area contributed by atoms with Gasteiger partial charge in [-0.05, 0) is 88.0 Å². The highest BCUT2D eigenvalue weighted by Gasteiger charge is 2.17. The molecule has 0 N–H and O–H groups in total. The van der Waals surface area contributed by atoms with Gasteiger partial charge in [0.1, 0.15) is 0 Å². The monoisotopic (exact) mass is 575 g/mol. The predicted molar refractivity (Wildman–Crippen MR) is 178 cm³/mol. The van der Waals surface area contributed by atoms with Crippen molar-refractivity contribution in [2.24, 2.45) is 0 Å². The Morgan fingerprint density at radius 2 is 0.800 bits per heavy atom. The Hall–Kier alpha value is -6.56. The van der Waals surface area contributed by atoms with Crippen molar-refractivity contribution in [2.75, 3.05) is 0 Å². The molecule has 210 valence electrons. The molecule has 0 saturated heterocycles. The number of rotatable bonds is 6. The van der Waals surface area contributed by atoms with E-state index in [1.165, 1.54) is 0 Å². The second kappa shape index (κ2) is 12.0. The van der Waals surface area contributed by atoms with Crippen molar-refractivity contribution in [1.29, 1.82) is 10.5 Å². The lowest BCUT2D eigenvalue weighted by molar-refractivity contribution is 1.07. The highest BCUT2D eigenvalue weighted by molar-refractivity contribution is 5.82. The summed E-state index contributed by atoms with van der Waals surface area (Å²) in [4.78, 5) is 0. The summed E-state index contributed by atoms with van der Waals surface area (Å²) in [6, 6.07) is 54.7. The molecular weight excluding hydrogens is 550 g/mol. The Balaban J connectivity index is 1.36. The molecule has 5 heteroatoms. The normalized spacial score (nSPS) is 10.6. The number of aromatic nitrogens is 3. The number of benzene rings is 6. The minimum Gasteiger partial charge on any atom is -0.275 e. The van der Waals surface area contributed by atoms with Gasteiger partial charge in [0.25, 0.3) is 0 Å². The molecule has 7 rings (SSSR count). The maximum absolute atomic E-state index is 9.53. The molecule has 0 unspecified atom stereocenters. The van der Waals surface area contributed by atoms with Crippen LogP contribution in [0.15, 0.2) is 152 Å². The first-order valence-electron chi connectivity index (χ1n) is 14.5. The van der Waals surface area contributed by atoms with Gasteiger partial charge in [-0.3, -0.25) is 4.57 Å². The summed E-state index contributed by atoms with van der Waals surface area (Å²) < 4.78 is 2.09. The van der Waals surface area contributed by atoms with Gasteiger partial charge in [0.05, 0.1) is 23.3 Å². The van der Waals surface area contributed by atoms with Crippen LogP contribution in [-0.4, -0.2) is 14.8 Å². The summed E-state index contributed by atoms with van der Waals surface area (Å²) in [5.41, 5.74) is 10.1. The lowest BCUT2D eigenvalue weighted by Gasteiger charge is -2.14. The SMILES string of the molecule is N#Cc1cccc(-c2cc(-c3ccc(-n4c(-c5ccccc5)nnc4-c4ccccc4)cc3)cc(-c3cccc(C#N)c3)c2)c1. The molecule has 1 aromatic heterocycles. The smallest absolute Gasteiger partial charge is 0.168 e. The Labute approximate surface area is 261 Å². The molecule has 0 spiro atoms. The maximum Gasteiger partial charge on any atom is 0.168 e. The Morgan fingerprint density at radius 1 is 0.378 bits per heavy atom. The second-order valence-electron chi connectivity index (χ2n) is 10.6. The first-order valence-corrected chi connectivity index (χ1v) is 14.5. The highest BCUT2D eigenvalue weighted by atomic mass is 15.3. The fourth-order valence-corrected chi connectivity index (χ4v) is 5.54. The first-order chi connectivity index (χ1) is 22.2. The van der Waals surface area contributed by atoms with Crippen LogP contribution >= 0.6 is 0 Å². The number of hydrogen-bond acceptors (Lipinski definition) is 4. The van der Waals surface area contributed by atoms with Gasteiger partial charge in [-0.25, -0.2) is 0 Å². The third kappa shape index (κ3) is 5.50. The van der Waals surface area contributed by atoms with Crippen molar-refractivity contribution in [2.45, 2.75) is 0 Å². The fourth-order valence-electron chi connectivity index (χ4n) is 5.54. The van der Waals surface area contributed by atoms with E-state index in [4.69, 9.17) is 0 Å². The van der Waals surface area contributed by atoms with E-state index in [0.717, 1.165) is 61.8 Å². The van der Waals surface area contributed by atoms with Crippen LogP contribution in [0.2, 0.25) is 0 Å². The summed E-state index contributed by atoms with van der Waals surface area (Å²) in [7, 11) is 0. The lowest BCUT2D eigenvalue weighted by Crippen LogP contribution is -2.00. The zero-order chi connectivity index (χ0) is 30.6. The molecule has 0 saturated carbocycles. The summed E-state index contributed by atoms with van der Waals surface area (Å²) in [6.07, 6.45) is 0. The Kier molecular flexibility index (Phi) is 7.26. The minimum absolute atomic E-state index is 0.604. The van der Waals surface area contributed by atoms with Gasteiger partial charge in [-0.15, -0.1) is 10.2 Å². The third-order valence-corrected chi connectivity index (χ3v) is 7.77. The summed E-state index contributed by atoms with van der Waals surface area (Å²) in [5.74, 6) is 1.53. The molecule has 0 amide bonds. The Morgan fingerprint density at radius 3 is 1.24 bits per heavy atom. The van der Waals surface area contributed by atoms with Gasteiger partial charge in [0.15, 0.2) is 11.6 Å². The van der Waals surface area contributed by atoms with Crippen LogP contribution in [0, 0.1) is 22.7 Å². The van der Waals surface area contributed by atoms with Crippen LogP contribution in [0.5, 0.6) is 0 Å². The molecule has 1 heterocycles. The molecule has 7 aromatic rings. The molecule has 45 heavy (non-hydrogen) atoms. The van der Waals surface area contributed by atoms with Crippen LogP contribution < -0.4 is 0 Å². The standard InChI is InChI=1S/C40H25N5/c41-26-28-9-7-15-33(21-28)36-23-35(24-37(25-36)34-16-8-10-29(22-34)27-42)30-17-19-38(20-18-30)45-39(31-11-3-1-4-12-31)43-44-40(45)32-13-5-2-6-14-32/h1-25H. The molecule has 0 fully saturated rings. The third-order valence-electron chi connectivity index (χ3n) is 7.77. The van der Waals surface area contributed by atoms with E-state index in [1.54, 1.807) is 0 Å². The number of hydrogen-bond donors (Lipinski definition) is 0. The van der Waals surface area contributed by atoms with Gasteiger partial charge < -0.3 is 0 Å². The van der Waals surface area contributed by atoms with E-state index in [-0.39, 0.29) is 0 Å². The van der Waals surface area contributed by atoms with E-state index >= 15 is 0 Å². The van der Waals surface area contributed by atoms with Crippen molar-refractivity contribution in [3.05, 3.63) is 163 Å². The van der Waals surface area contributed by atoms with Gasteiger partial charge in [0, 0.05) is 16.8 Å². The van der Waals surface area contributed by atoms with Crippen LogP contribution in [0.3, 0.4) is 0 Å². The fraction of sp³-hybridized carbons (Fsp3) is 0. The minimum atomic E-state index is 0.604. The van der Waals surface area contributed by atoms with Crippen molar-refractivity contribution >= 4 is 0 Å². The molecular formula is C40H25N5. The summed E-state index contributed by atoms with van der Waals surface area (Å²) in [6.45, 7) is 0. The Bertz CT molecular complexity index is 2090. The van der Waals surface area contributed by atoms with Crippen LogP contribution in [0.4, 0.5) is 0 Å². The van der Waals surface area contributed by atoms with Crippen molar-refractivity contribution in [1.82, 2.24) is 14.8 Å². The molecule has 0 aliphatic carbocycles. The molecule has 0 aliphatic heterocycles. The van der Waals surface area contributed by atoms with E-state index in [9.17, 15) is 10.5 Å². The van der Waals surface area contributed by atoms with Gasteiger partial charge in [-0.2, -0.15) is 10.5 Å². The van der Waals surface area contributed by atoms with Crippen molar-refractivity contribution < 1.29 is 0 Å². The van der Waals surface area contributed by atoms with Crippen molar-refractivity contribution in [3.8, 4) is 74.0 Å². The number of nitrogens with zero attached hydrogens (tertiary/aromatic N) is 5. The second-order valence-corrected chi connectivity index (χ2v) is 10.6. The van der Waals surface area contributed by atoms with Crippen molar-refractivity contribution in [3.63, 3.8) is 0 Å². The quantitative estimate of drug-likeness (QED) is 0.198. The zero-order valence-corrected chi connectivity index (χ0v) is 24.2. The molecule has 0 aliphatic rings. The highest BCUT2D eigenvalue weighted by Crippen LogP contribution is 2.35. The van der Waals surface area contributed by atoms with Gasteiger partial charge >= 0.3 is 0 Å². The predicted octanol–water partition coefficient (Wildman–Crippen LogP) is 9.35.